The van der Waals surface area contributed by atoms with E-state index in [1.807, 2.05) is 26.8 Å². The van der Waals surface area contributed by atoms with Gasteiger partial charge in [0.2, 0.25) is 0 Å². The van der Waals surface area contributed by atoms with Gasteiger partial charge in [0.05, 0.1) is 5.69 Å². The predicted molar refractivity (Wildman–Crippen MR) is 74.2 cm³/mol. The highest BCUT2D eigenvalue weighted by atomic mass is 32.1. The van der Waals surface area contributed by atoms with Gasteiger partial charge in [0, 0.05) is 22.4 Å². The molecule has 2 N–H and O–H groups in total. The Labute approximate surface area is 111 Å². The van der Waals surface area contributed by atoms with Crippen molar-refractivity contribution in [2.75, 3.05) is 0 Å². The highest BCUT2D eigenvalue weighted by Crippen LogP contribution is 2.31. The van der Waals surface area contributed by atoms with E-state index in [0.29, 0.717) is 5.56 Å². The summed E-state index contributed by atoms with van der Waals surface area (Å²) in [6.45, 7) is 5.91. The van der Waals surface area contributed by atoms with Crippen LogP contribution in [0.5, 0.6) is 0 Å². The lowest BCUT2D eigenvalue weighted by atomic mass is 10.0. The number of hydrogen-bond acceptors (Lipinski definition) is 3. The molecule has 0 amide bonds. The number of thiazole rings is 1. The number of benzene rings is 1. The summed E-state index contributed by atoms with van der Waals surface area (Å²) in [7, 11) is 0. The van der Waals surface area contributed by atoms with E-state index in [4.69, 9.17) is 5.73 Å². The lowest BCUT2D eigenvalue weighted by molar-refractivity contribution is 0.519. The van der Waals surface area contributed by atoms with Gasteiger partial charge in [-0.3, -0.25) is 0 Å². The first-order chi connectivity index (χ1) is 8.37. The van der Waals surface area contributed by atoms with Crippen molar-refractivity contribution in [3.05, 3.63) is 40.7 Å². The number of aromatic nitrogens is 1. The molecule has 4 heteroatoms. The molecule has 2 aromatic rings. The van der Waals surface area contributed by atoms with Crippen LogP contribution in [0.15, 0.2) is 24.3 Å². The number of rotatable bonds is 3. The SMILES string of the molecule is Cc1nc(-c2ccccc2F)sc1CC(C)(C)N. The van der Waals surface area contributed by atoms with Gasteiger partial charge >= 0.3 is 0 Å². The fourth-order valence-electron chi connectivity index (χ4n) is 1.76. The number of halogens is 1. The van der Waals surface area contributed by atoms with Crippen LogP contribution in [-0.2, 0) is 6.42 Å². The van der Waals surface area contributed by atoms with E-state index in [-0.39, 0.29) is 11.4 Å². The van der Waals surface area contributed by atoms with Crippen LogP contribution >= 0.6 is 11.3 Å². The Kier molecular flexibility index (Phi) is 3.50. The van der Waals surface area contributed by atoms with E-state index in [1.165, 1.54) is 17.4 Å². The summed E-state index contributed by atoms with van der Waals surface area (Å²) in [5, 5.41) is 0.727. The number of aryl methyl sites for hydroxylation is 1. The lowest BCUT2D eigenvalue weighted by Crippen LogP contribution is -2.34. The topological polar surface area (TPSA) is 38.9 Å². The number of nitrogens with two attached hydrogens (primary N) is 1. The minimum Gasteiger partial charge on any atom is -0.325 e. The van der Waals surface area contributed by atoms with Crippen molar-refractivity contribution >= 4 is 11.3 Å². The van der Waals surface area contributed by atoms with Crippen LogP contribution in [0.2, 0.25) is 0 Å². The molecule has 0 aliphatic rings. The molecule has 0 aliphatic heterocycles. The summed E-state index contributed by atoms with van der Waals surface area (Å²) in [6, 6.07) is 6.72. The van der Waals surface area contributed by atoms with Crippen LogP contribution in [0.4, 0.5) is 4.39 Å². The van der Waals surface area contributed by atoms with Crippen molar-refractivity contribution < 1.29 is 4.39 Å². The van der Waals surface area contributed by atoms with Gasteiger partial charge < -0.3 is 5.73 Å². The second-order valence-corrected chi connectivity index (χ2v) is 6.26. The Morgan fingerprint density at radius 2 is 2.00 bits per heavy atom. The summed E-state index contributed by atoms with van der Waals surface area (Å²) in [6.07, 6.45) is 0.755. The zero-order valence-corrected chi connectivity index (χ0v) is 11.6. The molecule has 0 radical (unpaired) electrons. The summed E-state index contributed by atoms with van der Waals surface area (Å²) in [5.41, 5.74) is 7.25. The molecule has 96 valence electrons. The normalized spacial score (nSPS) is 11.8. The van der Waals surface area contributed by atoms with Crippen LogP contribution in [-0.4, -0.2) is 10.5 Å². The molecule has 1 aromatic heterocycles. The number of hydrogen-bond donors (Lipinski definition) is 1. The van der Waals surface area contributed by atoms with Crippen LogP contribution in [0.1, 0.15) is 24.4 Å². The molecule has 0 bridgehead atoms. The Balaban J connectivity index is 2.38. The first-order valence-corrected chi connectivity index (χ1v) is 6.68. The zero-order chi connectivity index (χ0) is 13.3. The number of nitrogens with zero attached hydrogens (tertiary/aromatic N) is 1. The average Bonchev–Trinajstić information content (AvgIpc) is 2.58. The second-order valence-electron chi connectivity index (χ2n) is 5.17. The van der Waals surface area contributed by atoms with Crippen molar-refractivity contribution in [1.29, 1.82) is 0 Å². The first-order valence-electron chi connectivity index (χ1n) is 5.87. The van der Waals surface area contributed by atoms with Gasteiger partial charge in [-0.05, 0) is 32.9 Å². The maximum atomic E-state index is 13.7. The molecule has 0 atom stereocenters. The van der Waals surface area contributed by atoms with Gasteiger partial charge in [-0.2, -0.15) is 0 Å². The standard InChI is InChI=1S/C14H17FN2S/c1-9-12(8-14(2,3)16)18-13(17-9)10-6-4-5-7-11(10)15/h4-7H,8,16H2,1-3H3. The van der Waals surface area contributed by atoms with Gasteiger partial charge in [-0.25, -0.2) is 9.37 Å². The van der Waals surface area contributed by atoms with E-state index in [2.05, 4.69) is 4.98 Å². The molecule has 1 aromatic carbocycles. The molecule has 0 spiro atoms. The van der Waals surface area contributed by atoms with Crippen LogP contribution in [0.25, 0.3) is 10.6 Å². The van der Waals surface area contributed by atoms with Crippen molar-refractivity contribution in [2.24, 2.45) is 5.73 Å². The molecule has 0 saturated heterocycles. The Hall–Kier alpha value is -1.26. The predicted octanol–water partition coefficient (Wildman–Crippen LogP) is 3.54. The summed E-state index contributed by atoms with van der Waals surface area (Å²) < 4.78 is 13.7. The highest BCUT2D eigenvalue weighted by molar-refractivity contribution is 7.15. The maximum absolute atomic E-state index is 13.7. The molecule has 2 nitrogen and oxygen atoms in total. The quantitative estimate of drug-likeness (QED) is 0.921. The fraction of sp³-hybridized carbons (Fsp3) is 0.357. The minimum atomic E-state index is -0.274. The average molecular weight is 264 g/mol. The third kappa shape index (κ3) is 2.94. The van der Waals surface area contributed by atoms with Gasteiger partial charge in [0.25, 0.3) is 0 Å². The van der Waals surface area contributed by atoms with Gasteiger partial charge in [-0.1, -0.05) is 12.1 Å². The van der Waals surface area contributed by atoms with Crippen LogP contribution < -0.4 is 5.73 Å². The van der Waals surface area contributed by atoms with Crippen molar-refractivity contribution in [3.63, 3.8) is 0 Å². The molecule has 0 aliphatic carbocycles. The molecule has 0 saturated carbocycles. The molecular weight excluding hydrogens is 247 g/mol. The van der Waals surface area contributed by atoms with Gasteiger partial charge in [-0.15, -0.1) is 11.3 Å². The summed E-state index contributed by atoms with van der Waals surface area (Å²) in [5.74, 6) is -0.232. The second kappa shape index (κ2) is 4.78. The molecule has 0 unspecified atom stereocenters. The Bertz CT molecular complexity index is 555. The van der Waals surface area contributed by atoms with Crippen LogP contribution in [0.3, 0.4) is 0 Å². The minimum absolute atomic E-state index is 0.232. The zero-order valence-electron chi connectivity index (χ0n) is 10.8. The third-order valence-corrected chi connectivity index (χ3v) is 3.80. The molecular formula is C14H17FN2S. The maximum Gasteiger partial charge on any atom is 0.133 e. The van der Waals surface area contributed by atoms with E-state index in [1.54, 1.807) is 12.1 Å². The Morgan fingerprint density at radius 1 is 1.33 bits per heavy atom. The highest BCUT2D eigenvalue weighted by Gasteiger charge is 2.18. The Morgan fingerprint density at radius 3 is 2.61 bits per heavy atom. The molecule has 18 heavy (non-hydrogen) atoms. The first kappa shape index (κ1) is 13.2. The summed E-state index contributed by atoms with van der Waals surface area (Å²) >= 11 is 1.52. The summed E-state index contributed by atoms with van der Waals surface area (Å²) in [4.78, 5) is 5.57. The molecule has 1 heterocycles. The van der Waals surface area contributed by atoms with Crippen molar-refractivity contribution in [3.8, 4) is 10.6 Å². The molecule has 0 fully saturated rings. The van der Waals surface area contributed by atoms with E-state index in [0.717, 1.165) is 22.0 Å². The van der Waals surface area contributed by atoms with Gasteiger partial charge in [0.15, 0.2) is 0 Å². The third-order valence-electron chi connectivity index (χ3n) is 2.61. The van der Waals surface area contributed by atoms with Crippen molar-refractivity contribution in [1.82, 2.24) is 4.98 Å². The van der Waals surface area contributed by atoms with E-state index in [9.17, 15) is 4.39 Å². The monoisotopic (exact) mass is 264 g/mol. The molecule has 2 rings (SSSR count). The largest absolute Gasteiger partial charge is 0.325 e. The van der Waals surface area contributed by atoms with E-state index < -0.39 is 0 Å². The fourth-order valence-corrected chi connectivity index (χ4v) is 3.08. The smallest absolute Gasteiger partial charge is 0.133 e. The van der Waals surface area contributed by atoms with E-state index >= 15 is 0 Å². The lowest BCUT2D eigenvalue weighted by Gasteiger charge is -2.16. The van der Waals surface area contributed by atoms with Crippen LogP contribution in [0, 0.1) is 12.7 Å². The van der Waals surface area contributed by atoms with Crippen molar-refractivity contribution in [2.45, 2.75) is 32.7 Å². The van der Waals surface area contributed by atoms with Gasteiger partial charge in [0.1, 0.15) is 10.8 Å².